The van der Waals surface area contributed by atoms with Crippen molar-refractivity contribution in [1.29, 1.82) is 0 Å². The van der Waals surface area contributed by atoms with E-state index in [0.29, 0.717) is 52.9 Å². The van der Waals surface area contributed by atoms with Crippen LogP contribution in [0.2, 0.25) is 0 Å². The monoisotopic (exact) mass is 344 g/mol. The van der Waals surface area contributed by atoms with Gasteiger partial charge in [0.05, 0.1) is 65.9 Å². The number of ether oxygens (including phenoxy) is 5. The van der Waals surface area contributed by atoms with Crippen molar-refractivity contribution in [3.63, 3.8) is 0 Å². The van der Waals surface area contributed by atoms with Crippen molar-refractivity contribution < 1.29 is 53.1 Å². The largest absolute Gasteiger partial charge is 0.481 e. The SMILES string of the molecule is COCCOCCOCCOCCOCCC(=O)O.[Zn]. The van der Waals surface area contributed by atoms with Crippen molar-refractivity contribution >= 4 is 5.97 Å². The van der Waals surface area contributed by atoms with Crippen LogP contribution in [0.15, 0.2) is 0 Å². The summed E-state index contributed by atoms with van der Waals surface area (Å²) in [5.41, 5.74) is 0. The van der Waals surface area contributed by atoms with Crippen molar-refractivity contribution in [1.82, 2.24) is 0 Å². The van der Waals surface area contributed by atoms with E-state index in [2.05, 4.69) is 0 Å². The molecule has 0 aliphatic rings. The van der Waals surface area contributed by atoms with Crippen LogP contribution < -0.4 is 0 Å². The maximum atomic E-state index is 10.2. The van der Waals surface area contributed by atoms with Gasteiger partial charge in [-0.15, -0.1) is 0 Å². The summed E-state index contributed by atoms with van der Waals surface area (Å²) in [4.78, 5) is 10.2. The van der Waals surface area contributed by atoms with Crippen LogP contribution in [0.1, 0.15) is 6.42 Å². The second-order valence-corrected chi connectivity index (χ2v) is 3.59. The Morgan fingerprint density at radius 3 is 1.45 bits per heavy atom. The smallest absolute Gasteiger partial charge is 0.305 e. The molecule has 0 radical (unpaired) electrons. The Labute approximate surface area is 132 Å². The third kappa shape index (κ3) is 20.2. The van der Waals surface area contributed by atoms with Crippen LogP contribution in [0.3, 0.4) is 0 Å². The van der Waals surface area contributed by atoms with Gasteiger partial charge in [-0.25, -0.2) is 0 Å². The van der Waals surface area contributed by atoms with Gasteiger partial charge in [0.1, 0.15) is 0 Å². The van der Waals surface area contributed by atoms with E-state index >= 15 is 0 Å². The average Bonchev–Trinajstić information content (AvgIpc) is 2.39. The summed E-state index contributed by atoms with van der Waals surface area (Å²) >= 11 is 0. The number of hydrogen-bond acceptors (Lipinski definition) is 6. The van der Waals surface area contributed by atoms with Crippen LogP contribution in [0.25, 0.3) is 0 Å². The molecule has 0 atom stereocenters. The van der Waals surface area contributed by atoms with Crippen molar-refractivity contribution in [2.75, 3.05) is 66.6 Å². The molecule has 0 amide bonds. The molecule has 0 aromatic rings. The van der Waals surface area contributed by atoms with Gasteiger partial charge < -0.3 is 28.8 Å². The number of rotatable bonds is 15. The molecule has 0 fully saturated rings. The molecule has 0 aromatic heterocycles. The first-order valence-corrected chi connectivity index (χ1v) is 6.29. The first-order chi connectivity index (χ1) is 9.27. The fourth-order valence-corrected chi connectivity index (χ4v) is 1.06. The molecule has 0 aromatic carbocycles. The minimum Gasteiger partial charge on any atom is -0.481 e. The van der Waals surface area contributed by atoms with Crippen molar-refractivity contribution in [2.45, 2.75) is 6.42 Å². The Morgan fingerprint density at radius 2 is 1.10 bits per heavy atom. The zero-order valence-corrected chi connectivity index (χ0v) is 15.1. The van der Waals surface area contributed by atoms with Crippen LogP contribution in [0.4, 0.5) is 0 Å². The first-order valence-electron chi connectivity index (χ1n) is 6.29. The van der Waals surface area contributed by atoms with Gasteiger partial charge in [0.15, 0.2) is 0 Å². The summed E-state index contributed by atoms with van der Waals surface area (Å²) in [6.07, 6.45) is 0.0200. The molecule has 0 bridgehead atoms. The van der Waals surface area contributed by atoms with Gasteiger partial charge in [-0.05, 0) is 0 Å². The third-order valence-corrected chi connectivity index (χ3v) is 2.01. The molecule has 20 heavy (non-hydrogen) atoms. The Hall–Kier alpha value is -0.107. The maximum absolute atomic E-state index is 10.2. The average molecular weight is 346 g/mol. The first kappa shape index (κ1) is 22.2. The van der Waals surface area contributed by atoms with Gasteiger partial charge in [-0.2, -0.15) is 0 Å². The van der Waals surface area contributed by atoms with Gasteiger partial charge in [0.25, 0.3) is 0 Å². The zero-order chi connectivity index (χ0) is 14.2. The zero-order valence-electron chi connectivity index (χ0n) is 12.2. The predicted octanol–water partition coefficient (Wildman–Crippen LogP) is 0.171. The van der Waals surface area contributed by atoms with Gasteiger partial charge in [0, 0.05) is 26.6 Å². The van der Waals surface area contributed by atoms with E-state index in [4.69, 9.17) is 28.8 Å². The van der Waals surface area contributed by atoms with E-state index in [1.165, 1.54) is 0 Å². The number of hydrogen-bond donors (Lipinski definition) is 1. The molecular weight excluding hydrogens is 322 g/mol. The number of methoxy groups -OCH3 is 1. The molecule has 116 valence electrons. The molecule has 0 unspecified atom stereocenters. The molecule has 0 aliphatic carbocycles. The molecule has 0 saturated carbocycles. The molecule has 8 heteroatoms. The summed E-state index contributed by atoms with van der Waals surface area (Å²) < 4.78 is 25.6. The second kappa shape index (κ2) is 18.9. The molecule has 0 heterocycles. The van der Waals surface area contributed by atoms with Crippen molar-refractivity contribution in [3.8, 4) is 0 Å². The molecule has 1 N–H and O–H groups in total. The Bertz CT molecular complexity index is 204. The van der Waals surface area contributed by atoms with Crippen LogP contribution in [-0.2, 0) is 48.0 Å². The van der Waals surface area contributed by atoms with E-state index < -0.39 is 5.97 Å². The number of aliphatic carboxylic acids is 1. The molecule has 0 aliphatic heterocycles. The molecule has 0 rings (SSSR count). The van der Waals surface area contributed by atoms with E-state index in [1.807, 2.05) is 0 Å². The summed E-state index contributed by atoms with van der Waals surface area (Å²) in [7, 11) is 1.63. The number of carboxylic acids is 1. The summed E-state index contributed by atoms with van der Waals surface area (Å²) in [5.74, 6) is -0.859. The Balaban J connectivity index is 0. The third-order valence-electron chi connectivity index (χ3n) is 2.01. The normalized spacial score (nSPS) is 10.2. The number of carbonyl (C=O) groups is 1. The van der Waals surface area contributed by atoms with E-state index in [-0.39, 0.29) is 32.5 Å². The molecule has 7 nitrogen and oxygen atoms in total. The Morgan fingerprint density at radius 1 is 0.750 bits per heavy atom. The minimum atomic E-state index is -0.859. The fraction of sp³-hybridized carbons (Fsp3) is 0.917. The Kier molecular flexibility index (Phi) is 21.0. The van der Waals surface area contributed by atoms with Crippen molar-refractivity contribution in [2.24, 2.45) is 0 Å². The fourth-order valence-electron chi connectivity index (χ4n) is 1.06. The van der Waals surface area contributed by atoms with Crippen molar-refractivity contribution in [3.05, 3.63) is 0 Å². The topological polar surface area (TPSA) is 83.5 Å². The molecule has 0 saturated heterocycles. The predicted molar refractivity (Wildman–Crippen MR) is 67.4 cm³/mol. The van der Waals surface area contributed by atoms with E-state index in [9.17, 15) is 4.79 Å². The summed E-state index contributed by atoms with van der Waals surface area (Å²) in [6, 6.07) is 0. The molecule has 0 spiro atoms. The molecular formula is C12H24O7Zn. The van der Waals surface area contributed by atoms with Crippen LogP contribution in [0, 0.1) is 0 Å². The van der Waals surface area contributed by atoms with Crippen LogP contribution in [-0.4, -0.2) is 77.6 Å². The van der Waals surface area contributed by atoms with Crippen LogP contribution >= 0.6 is 0 Å². The van der Waals surface area contributed by atoms with E-state index in [0.717, 1.165) is 0 Å². The standard InChI is InChI=1S/C12H24O7.Zn/c1-15-4-5-17-8-9-19-11-10-18-7-6-16-3-2-12(13)14;/h2-11H2,1H3,(H,13,14);. The number of carboxylic acid groups (broad SMARTS) is 1. The maximum Gasteiger partial charge on any atom is 0.305 e. The van der Waals surface area contributed by atoms with Gasteiger partial charge in [-0.3, -0.25) is 4.79 Å². The van der Waals surface area contributed by atoms with Gasteiger partial charge in [0.2, 0.25) is 0 Å². The van der Waals surface area contributed by atoms with Gasteiger partial charge in [-0.1, -0.05) is 0 Å². The van der Waals surface area contributed by atoms with Crippen LogP contribution in [0.5, 0.6) is 0 Å². The minimum absolute atomic E-state index is 0. The van der Waals surface area contributed by atoms with Gasteiger partial charge >= 0.3 is 5.97 Å². The summed E-state index contributed by atoms with van der Waals surface area (Å²) in [6.45, 7) is 4.27. The second-order valence-electron chi connectivity index (χ2n) is 3.59. The summed E-state index contributed by atoms with van der Waals surface area (Å²) in [5, 5.41) is 8.36. The van der Waals surface area contributed by atoms with E-state index in [1.54, 1.807) is 7.11 Å². The quantitative estimate of drug-likeness (QED) is 0.334.